The minimum atomic E-state index is -1.12. The van der Waals surface area contributed by atoms with Crippen molar-refractivity contribution in [2.24, 2.45) is 0 Å². The molecule has 168 valence electrons. The Morgan fingerprint density at radius 3 is 2.75 bits per heavy atom. The van der Waals surface area contributed by atoms with Crippen LogP contribution in [0.25, 0.3) is 11.0 Å². The van der Waals surface area contributed by atoms with E-state index in [4.69, 9.17) is 13.9 Å². The van der Waals surface area contributed by atoms with E-state index in [9.17, 15) is 14.0 Å². The molecule has 1 aliphatic rings. The largest absolute Gasteiger partial charge is 0.489 e. The summed E-state index contributed by atoms with van der Waals surface area (Å²) >= 11 is 0. The van der Waals surface area contributed by atoms with Crippen molar-refractivity contribution in [3.8, 4) is 5.75 Å². The fourth-order valence-electron chi connectivity index (χ4n) is 3.86. The second kappa shape index (κ2) is 9.00. The van der Waals surface area contributed by atoms with Crippen LogP contribution in [0.3, 0.4) is 0 Å². The van der Waals surface area contributed by atoms with Crippen LogP contribution in [0.15, 0.2) is 46.9 Å². The Balaban J connectivity index is 1.60. The monoisotopic (exact) mass is 440 g/mol. The molecule has 1 atom stereocenters. The zero-order chi connectivity index (χ0) is 22.7. The van der Waals surface area contributed by atoms with Gasteiger partial charge in [0.1, 0.15) is 35.1 Å². The first-order valence-corrected chi connectivity index (χ1v) is 10.5. The predicted octanol–water partition coefficient (Wildman–Crippen LogP) is 3.48. The molecule has 1 aromatic heterocycles. The zero-order valence-electron chi connectivity index (χ0n) is 18.0. The summed E-state index contributed by atoms with van der Waals surface area (Å²) in [6, 6.07) is 11.5. The SMILES string of the molecule is CCNC(=O)C1(NC(=O)c2c(C)oc3ccc(OCc4ccccc4F)cc23)CCOC1. The van der Waals surface area contributed by atoms with Gasteiger partial charge in [0, 0.05) is 30.5 Å². The highest BCUT2D eigenvalue weighted by Gasteiger charge is 2.44. The van der Waals surface area contributed by atoms with Crippen molar-refractivity contribution in [3.63, 3.8) is 0 Å². The van der Waals surface area contributed by atoms with Crippen LogP contribution in [0.4, 0.5) is 4.39 Å². The summed E-state index contributed by atoms with van der Waals surface area (Å²) in [6.07, 6.45) is 0.385. The third kappa shape index (κ3) is 4.18. The number of rotatable bonds is 7. The molecular weight excluding hydrogens is 415 g/mol. The van der Waals surface area contributed by atoms with Crippen molar-refractivity contribution < 1.29 is 27.9 Å². The number of likely N-dealkylation sites (N-methyl/N-ethyl adjacent to an activating group) is 1. The first kappa shape index (κ1) is 21.8. The minimum Gasteiger partial charge on any atom is -0.489 e. The Morgan fingerprint density at radius 2 is 2.03 bits per heavy atom. The van der Waals surface area contributed by atoms with Gasteiger partial charge >= 0.3 is 0 Å². The van der Waals surface area contributed by atoms with Crippen LogP contribution in [-0.2, 0) is 16.1 Å². The van der Waals surface area contributed by atoms with Crippen LogP contribution in [0.1, 0.15) is 35.0 Å². The average Bonchev–Trinajstić information content (AvgIpc) is 3.37. The Bertz CT molecular complexity index is 1150. The van der Waals surface area contributed by atoms with Crippen molar-refractivity contribution in [3.05, 3.63) is 65.2 Å². The predicted molar refractivity (Wildman–Crippen MR) is 116 cm³/mol. The Morgan fingerprint density at radius 1 is 1.22 bits per heavy atom. The lowest BCUT2D eigenvalue weighted by Crippen LogP contribution is -2.59. The minimum absolute atomic E-state index is 0.0498. The van der Waals surface area contributed by atoms with Gasteiger partial charge in [-0.15, -0.1) is 0 Å². The highest BCUT2D eigenvalue weighted by atomic mass is 19.1. The second-order valence-electron chi connectivity index (χ2n) is 7.77. The molecule has 4 rings (SSSR count). The van der Waals surface area contributed by atoms with Gasteiger partial charge in [0.2, 0.25) is 5.91 Å². The number of ether oxygens (including phenoxy) is 2. The maximum Gasteiger partial charge on any atom is 0.256 e. The van der Waals surface area contributed by atoms with Crippen LogP contribution in [0, 0.1) is 12.7 Å². The number of amides is 2. The number of carbonyl (C=O) groups excluding carboxylic acids is 2. The number of hydrogen-bond acceptors (Lipinski definition) is 5. The fourth-order valence-corrected chi connectivity index (χ4v) is 3.86. The van der Waals surface area contributed by atoms with Gasteiger partial charge in [-0.05, 0) is 38.1 Å². The lowest BCUT2D eigenvalue weighted by molar-refractivity contribution is -0.127. The summed E-state index contributed by atoms with van der Waals surface area (Å²) in [6.45, 7) is 4.51. The van der Waals surface area contributed by atoms with Gasteiger partial charge in [-0.25, -0.2) is 4.39 Å². The molecule has 0 radical (unpaired) electrons. The van der Waals surface area contributed by atoms with Gasteiger partial charge in [-0.3, -0.25) is 9.59 Å². The highest BCUT2D eigenvalue weighted by Crippen LogP contribution is 2.30. The van der Waals surface area contributed by atoms with E-state index >= 15 is 0 Å². The molecule has 2 aromatic carbocycles. The van der Waals surface area contributed by atoms with Crippen molar-refractivity contribution in [2.75, 3.05) is 19.8 Å². The summed E-state index contributed by atoms with van der Waals surface area (Å²) in [5.41, 5.74) is 0.147. The van der Waals surface area contributed by atoms with E-state index in [0.717, 1.165) is 0 Å². The van der Waals surface area contributed by atoms with E-state index in [1.807, 2.05) is 6.92 Å². The molecule has 1 fully saturated rings. The van der Waals surface area contributed by atoms with Crippen molar-refractivity contribution in [1.82, 2.24) is 10.6 Å². The van der Waals surface area contributed by atoms with Gasteiger partial charge < -0.3 is 24.5 Å². The van der Waals surface area contributed by atoms with Crippen LogP contribution in [0.5, 0.6) is 5.75 Å². The van der Waals surface area contributed by atoms with Crippen molar-refractivity contribution in [1.29, 1.82) is 0 Å². The average molecular weight is 440 g/mol. The smallest absolute Gasteiger partial charge is 0.256 e. The molecule has 0 spiro atoms. The number of benzene rings is 2. The van der Waals surface area contributed by atoms with Crippen LogP contribution in [-0.4, -0.2) is 37.1 Å². The van der Waals surface area contributed by atoms with Crippen molar-refractivity contribution >= 4 is 22.8 Å². The number of furan rings is 1. The Hall–Kier alpha value is -3.39. The Kier molecular flexibility index (Phi) is 6.14. The van der Waals surface area contributed by atoms with Gasteiger partial charge in [0.05, 0.1) is 12.2 Å². The van der Waals surface area contributed by atoms with Gasteiger partial charge in [0.25, 0.3) is 5.91 Å². The summed E-state index contributed by atoms with van der Waals surface area (Å²) in [7, 11) is 0. The molecule has 32 heavy (non-hydrogen) atoms. The standard InChI is InChI=1S/C24H25FN2O5/c1-3-26-23(29)24(10-11-30-14-24)27-22(28)21-15(2)32-20-9-8-17(12-18(20)21)31-13-16-6-4-5-7-19(16)25/h4-9,12H,3,10-11,13-14H2,1-2H3,(H,26,29)(H,27,28). The molecule has 3 aromatic rings. The number of carbonyl (C=O) groups is 2. The quantitative estimate of drug-likeness (QED) is 0.587. The molecule has 2 heterocycles. The third-order valence-corrected chi connectivity index (χ3v) is 5.56. The summed E-state index contributed by atoms with van der Waals surface area (Å²) < 4.78 is 30.8. The molecule has 0 bridgehead atoms. The molecule has 0 saturated carbocycles. The molecule has 7 nitrogen and oxygen atoms in total. The topological polar surface area (TPSA) is 89.8 Å². The van der Waals surface area contributed by atoms with E-state index < -0.39 is 11.4 Å². The molecule has 2 N–H and O–H groups in total. The van der Waals surface area contributed by atoms with Crippen molar-refractivity contribution in [2.45, 2.75) is 32.4 Å². The third-order valence-electron chi connectivity index (χ3n) is 5.56. The van der Waals surface area contributed by atoms with Crippen LogP contribution >= 0.6 is 0 Å². The molecule has 1 aliphatic heterocycles. The maximum absolute atomic E-state index is 13.9. The van der Waals surface area contributed by atoms with Gasteiger partial charge in [-0.1, -0.05) is 18.2 Å². The number of halogens is 1. The first-order chi connectivity index (χ1) is 15.4. The summed E-state index contributed by atoms with van der Waals surface area (Å²) in [4.78, 5) is 25.9. The molecule has 1 unspecified atom stereocenters. The first-order valence-electron chi connectivity index (χ1n) is 10.5. The van der Waals surface area contributed by atoms with E-state index in [-0.39, 0.29) is 24.9 Å². The maximum atomic E-state index is 13.9. The van der Waals surface area contributed by atoms with Gasteiger partial charge in [0.15, 0.2) is 0 Å². The second-order valence-corrected chi connectivity index (χ2v) is 7.77. The van der Waals surface area contributed by atoms with E-state index in [0.29, 0.717) is 53.2 Å². The molecule has 0 aliphatic carbocycles. The fraction of sp³-hybridized carbons (Fsp3) is 0.333. The lowest BCUT2D eigenvalue weighted by Gasteiger charge is -2.27. The number of hydrogen-bond donors (Lipinski definition) is 2. The normalized spacial score (nSPS) is 18.0. The van der Waals surface area contributed by atoms with E-state index in [1.165, 1.54) is 6.07 Å². The summed E-state index contributed by atoms with van der Waals surface area (Å²) in [5.74, 6) is -0.149. The van der Waals surface area contributed by atoms with Gasteiger partial charge in [-0.2, -0.15) is 0 Å². The molecule has 1 saturated heterocycles. The van der Waals surface area contributed by atoms with E-state index in [2.05, 4.69) is 10.6 Å². The highest BCUT2D eigenvalue weighted by molar-refractivity contribution is 6.09. The lowest BCUT2D eigenvalue weighted by atomic mass is 9.96. The number of fused-ring (bicyclic) bond motifs is 1. The Labute approximate surface area is 184 Å². The number of nitrogens with one attached hydrogen (secondary N) is 2. The van der Waals surface area contributed by atoms with E-state index in [1.54, 1.807) is 43.3 Å². The summed E-state index contributed by atoms with van der Waals surface area (Å²) in [5, 5.41) is 6.19. The molecular formula is C24H25FN2O5. The molecule has 2 amide bonds. The van der Waals surface area contributed by atoms with Crippen LogP contribution in [0.2, 0.25) is 0 Å². The molecule has 8 heteroatoms. The zero-order valence-corrected chi connectivity index (χ0v) is 18.0. The van der Waals surface area contributed by atoms with Crippen LogP contribution < -0.4 is 15.4 Å². The number of aryl methyl sites for hydroxylation is 1.